The van der Waals surface area contributed by atoms with E-state index >= 15 is 0 Å². The lowest BCUT2D eigenvalue weighted by Gasteiger charge is -2.35. The highest BCUT2D eigenvalue weighted by Gasteiger charge is 2.31. The topological polar surface area (TPSA) is 71.3 Å². The van der Waals surface area contributed by atoms with Crippen molar-refractivity contribution in [1.29, 1.82) is 0 Å². The van der Waals surface area contributed by atoms with Crippen LogP contribution in [0.15, 0.2) is 79.4 Å². The van der Waals surface area contributed by atoms with Gasteiger partial charge in [-0.25, -0.2) is 9.67 Å². The highest BCUT2D eigenvalue weighted by molar-refractivity contribution is 6.07. The molecule has 1 unspecified atom stereocenters. The lowest BCUT2D eigenvalue weighted by Crippen LogP contribution is -2.44. The molecule has 7 nitrogen and oxygen atoms in total. The van der Waals surface area contributed by atoms with Crippen molar-refractivity contribution in [2.45, 2.75) is 25.8 Å². The van der Waals surface area contributed by atoms with Gasteiger partial charge >= 0.3 is 0 Å². The zero-order valence-corrected chi connectivity index (χ0v) is 20.0. The van der Waals surface area contributed by atoms with Crippen molar-refractivity contribution in [3.63, 3.8) is 0 Å². The average molecular weight is 468 g/mol. The minimum Gasteiger partial charge on any atom is -0.339 e. The Labute approximate surface area is 205 Å². The van der Waals surface area contributed by atoms with Crippen molar-refractivity contribution in [3.05, 3.63) is 90.5 Å². The summed E-state index contributed by atoms with van der Waals surface area (Å²) < 4.78 is 1.70. The molecule has 0 saturated carbocycles. The van der Waals surface area contributed by atoms with Gasteiger partial charge in [-0.1, -0.05) is 48.5 Å². The average Bonchev–Trinajstić information content (AvgIpc) is 3.46. The maximum atomic E-state index is 13.3. The molecule has 3 aromatic carbocycles. The number of piperidine rings is 1. The van der Waals surface area contributed by atoms with E-state index in [1.807, 2.05) is 90.5 Å². The highest BCUT2D eigenvalue weighted by atomic mass is 16.2. The first kappa shape index (κ1) is 22.8. The maximum Gasteiger partial charge on any atom is 0.254 e. The zero-order valence-electron chi connectivity index (χ0n) is 20.0. The fourth-order valence-corrected chi connectivity index (χ4v) is 4.86. The molecule has 0 bridgehead atoms. The largest absolute Gasteiger partial charge is 0.339 e. The Hall–Kier alpha value is -4.00. The number of amides is 2. The van der Waals surface area contributed by atoms with Gasteiger partial charge in [0.15, 0.2) is 0 Å². The molecule has 1 saturated heterocycles. The molecule has 0 aliphatic carbocycles. The monoisotopic (exact) mass is 467 g/mol. The van der Waals surface area contributed by atoms with Crippen molar-refractivity contribution >= 4 is 22.6 Å². The Morgan fingerprint density at radius 3 is 2.40 bits per heavy atom. The summed E-state index contributed by atoms with van der Waals surface area (Å²) in [6.07, 6.45) is 4.52. The molecule has 2 heterocycles. The molecule has 1 aliphatic heterocycles. The van der Waals surface area contributed by atoms with Gasteiger partial charge in [-0.2, -0.15) is 5.10 Å². The van der Waals surface area contributed by atoms with Crippen molar-refractivity contribution in [1.82, 2.24) is 24.6 Å². The number of benzene rings is 3. The van der Waals surface area contributed by atoms with Gasteiger partial charge in [0.25, 0.3) is 5.91 Å². The highest BCUT2D eigenvalue weighted by Crippen LogP contribution is 2.27. The van der Waals surface area contributed by atoms with Crippen LogP contribution in [0, 0.1) is 5.92 Å². The Morgan fingerprint density at radius 2 is 1.69 bits per heavy atom. The number of carbonyl (C=O) groups is 2. The van der Waals surface area contributed by atoms with E-state index in [1.54, 1.807) is 11.0 Å². The SMILES string of the molecule is CC(c1ccc(-n2cncn2)cc1)N(C)C(=O)C1CCN(C(=O)c2cccc3ccccc23)CC1. The summed E-state index contributed by atoms with van der Waals surface area (Å²) in [5.74, 6) is 0.102. The Balaban J connectivity index is 1.21. The van der Waals surface area contributed by atoms with Crippen LogP contribution in [-0.2, 0) is 4.79 Å². The van der Waals surface area contributed by atoms with Crippen molar-refractivity contribution < 1.29 is 9.59 Å². The third-order valence-electron chi connectivity index (χ3n) is 7.14. The first-order chi connectivity index (χ1) is 17.0. The molecule has 5 rings (SSSR count). The number of aromatic nitrogens is 3. The molecule has 7 heteroatoms. The molecule has 35 heavy (non-hydrogen) atoms. The van der Waals surface area contributed by atoms with Gasteiger partial charge in [0.2, 0.25) is 5.91 Å². The van der Waals surface area contributed by atoms with E-state index in [9.17, 15) is 9.59 Å². The van der Waals surface area contributed by atoms with E-state index in [0.717, 1.165) is 27.6 Å². The lowest BCUT2D eigenvalue weighted by atomic mass is 9.93. The quantitative estimate of drug-likeness (QED) is 0.434. The van der Waals surface area contributed by atoms with Gasteiger partial charge in [0.05, 0.1) is 11.7 Å². The van der Waals surface area contributed by atoms with Crippen molar-refractivity contribution in [3.8, 4) is 5.69 Å². The summed E-state index contributed by atoms with van der Waals surface area (Å²) in [5, 5.41) is 6.19. The van der Waals surface area contributed by atoms with Gasteiger partial charge in [-0.15, -0.1) is 0 Å². The van der Waals surface area contributed by atoms with Gasteiger partial charge in [0, 0.05) is 31.6 Å². The first-order valence-electron chi connectivity index (χ1n) is 12.0. The molecular weight excluding hydrogens is 438 g/mol. The van der Waals surface area contributed by atoms with Crippen LogP contribution in [0.5, 0.6) is 0 Å². The standard InChI is InChI=1S/C28H29N5O2/c1-20(21-10-12-24(13-11-21)33-19-29-18-30-33)31(2)27(34)23-14-16-32(17-15-23)28(35)26-9-5-7-22-6-3-4-8-25(22)26/h3-13,18-20,23H,14-17H2,1-2H3. The normalized spacial score (nSPS) is 15.2. The Kier molecular flexibility index (Phi) is 6.31. The van der Waals surface area contributed by atoms with Crippen molar-refractivity contribution in [2.75, 3.05) is 20.1 Å². The summed E-state index contributed by atoms with van der Waals surface area (Å²) in [6.45, 7) is 3.22. The van der Waals surface area contributed by atoms with E-state index in [0.29, 0.717) is 25.9 Å². The van der Waals surface area contributed by atoms with E-state index in [2.05, 4.69) is 10.1 Å². The van der Waals surface area contributed by atoms with Crippen LogP contribution in [0.3, 0.4) is 0 Å². The van der Waals surface area contributed by atoms with Crippen LogP contribution in [0.1, 0.15) is 41.7 Å². The molecule has 0 spiro atoms. The van der Waals surface area contributed by atoms with Crippen LogP contribution >= 0.6 is 0 Å². The molecule has 2 amide bonds. The predicted octanol–water partition coefficient (Wildman–Crippen LogP) is 4.49. The summed E-state index contributed by atoms with van der Waals surface area (Å²) in [5.41, 5.74) is 2.72. The van der Waals surface area contributed by atoms with Crippen LogP contribution in [0.25, 0.3) is 16.5 Å². The second-order valence-electron chi connectivity index (χ2n) is 9.15. The number of carbonyl (C=O) groups excluding carboxylic acids is 2. The Bertz CT molecular complexity index is 1320. The first-order valence-corrected chi connectivity index (χ1v) is 12.0. The van der Waals surface area contributed by atoms with Gasteiger partial charge in [-0.3, -0.25) is 9.59 Å². The number of hydrogen-bond acceptors (Lipinski definition) is 4. The summed E-state index contributed by atoms with van der Waals surface area (Å²) >= 11 is 0. The van der Waals surface area contributed by atoms with Crippen LogP contribution in [0.4, 0.5) is 0 Å². The third kappa shape index (κ3) is 4.54. The van der Waals surface area contributed by atoms with E-state index in [4.69, 9.17) is 0 Å². The number of fused-ring (bicyclic) bond motifs is 1. The minimum atomic E-state index is -0.0755. The molecule has 0 N–H and O–H groups in total. The number of rotatable bonds is 5. The zero-order chi connectivity index (χ0) is 24.4. The van der Waals surface area contributed by atoms with Gasteiger partial charge in [0.1, 0.15) is 12.7 Å². The molecule has 1 atom stereocenters. The number of nitrogens with zero attached hydrogens (tertiary/aromatic N) is 5. The summed E-state index contributed by atoms with van der Waals surface area (Å²) in [6, 6.07) is 21.8. The second kappa shape index (κ2) is 9.70. The number of hydrogen-bond donors (Lipinski definition) is 0. The summed E-state index contributed by atoms with van der Waals surface area (Å²) in [7, 11) is 1.87. The lowest BCUT2D eigenvalue weighted by molar-refractivity contribution is -0.137. The van der Waals surface area contributed by atoms with E-state index in [-0.39, 0.29) is 23.8 Å². The Morgan fingerprint density at radius 1 is 0.971 bits per heavy atom. The molecular formula is C28H29N5O2. The maximum absolute atomic E-state index is 13.3. The molecule has 1 aromatic heterocycles. The molecule has 0 radical (unpaired) electrons. The molecule has 4 aromatic rings. The van der Waals surface area contributed by atoms with Gasteiger partial charge < -0.3 is 9.80 Å². The van der Waals surface area contributed by atoms with Crippen LogP contribution in [-0.4, -0.2) is 56.5 Å². The van der Waals surface area contributed by atoms with Crippen LogP contribution in [0.2, 0.25) is 0 Å². The smallest absolute Gasteiger partial charge is 0.254 e. The van der Waals surface area contributed by atoms with Crippen LogP contribution < -0.4 is 0 Å². The molecule has 1 fully saturated rings. The summed E-state index contributed by atoms with van der Waals surface area (Å²) in [4.78, 5) is 34.2. The van der Waals surface area contributed by atoms with Gasteiger partial charge in [-0.05, 0) is 54.3 Å². The number of likely N-dealkylation sites (tertiary alicyclic amines) is 1. The minimum absolute atomic E-state index is 0.0434. The van der Waals surface area contributed by atoms with E-state index in [1.165, 1.54) is 6.33 Å². The van der Waals surface area contributed by atoms with Crippen molar-refractivity contribution in [2.24, 2.45) is 5.92 Å². The molecule has 1 aliphatic rings. The van der Waals surface area contributed by atoms with E-state index < -0.39 is 0 Å². The molecule has 178 valence electrons. The third-order valence-corrected chi connectivity index (χ3v) is 7.14. The predicted molar refractivity (Wildman–Crippen MR) is 135 cm³/mol. The second-order valence-corrected chi connectivity index (χ2v) is 9.15. The fourth-order valence-electron chi connectivity index (χ4n) is 4.86. The fraction of sp³-hybridized carbons (Fsp3) is 0.286.